The van der Waals surface area contributed by atoms with Crippen molar-refractivity contribution in [1.29, 1.82) is 0 Å². The summed E-state index contributed by atoms with van der Waals surface area (Å²) in [5.41, 5.74) is 4.46. The lowest BCUT2D eigenvalue weighted by molar-refractivity contribution is 1.07. The van der Waals surface area contributed by atoms with Gasteiger partial charge in [0.2, 0.25) is 0 Å². The van der Waals surface area contributed by atoms with Crippen LogP contribution in [0.2, 0.25) is 0 Å². The molecule has 3 heteroatoms. The predicted octanol–water partition coefficient (Wildman–Crippen LogP) is 2.96. The average molecular weight is 223 g/mol. The van der Waals surface area contributed by atoms with Crippen LogP contribution in [-0.4, -0.2) is 14.4 Å². The van der Waals surface area contributed by atoms with E-state index >= 15 is 0 Å². The SMILES string of the molecule is CCc1nc2ccccn2c1-c1ccncc1. The highest BCUT2D eigenvalue weighted by Crippen LogP contribution is 2.24. The lowest BCUT2D eigenvalue weighted by Crippen LogP contribution is -1.90. The van der Waals surface area contributed by atoms with Gasteiger partial charge in [0.05, 0.1) is 11.4 Å². The van der Waals surface area contributed by atoms with Crippen molar-refractivity contribution in [1.82, 2.24) is 14.4 Å². The Balaban J connectivity index is 2.34. The number of nitrogens with zero attached hydrogens (tertiary/aromatic N) is 3. The van der Waals surface area contributed by atoms with Gasteiger partial charge in [0, 0.05) is 24.2 Å². The molecule has 0 aromatic carbocycles. The van der Waals surface area contributed by atoms with Gasteiger partial charge < -0.3 is 0 Å². The summed E-state index contributed by atoms with van der Waals surface area (Å²) < 4.78 is 2.13. The second kappa shape index (κ2) is 4.01. The molecule has 0 bridgehead atoms. The standard InChI is InChI=1S/C14H13N3/c1-2-12-14(11-6-8-15-9-7-11)17-10-4-3-5-13(17)16-12/h3-10H,2H2,1H3. The van der Waals surface area contributed by atoms with Crippen LogP contribution >= 0.6 is 0 Å². The molecule has 3 rings (SSSR count). The van der Waals surface area contributed by atoms with E-state index in [9.17, 15) is 0 Å². The highest BCUT2D eigenvalue weighted by Gasteiger charge is 2.11. The lowest BCUT2D eigenvalue weighted by atomic mass is 10.1. The van der Waals surface area contributed by atoms with E-state index in [-0.39, 0.29) is 0 Å². The van der Waals surface area contributed by atoms with Crippen molar-refractivity contribution >= 4 is 5.65 Å². The van der Waals surface area contributed by atoms with Crippen LogP contribution in [0.25, 0.3) is 16.9 Å². The molecule has 17 heavy (non-hydrogen) atoms. The Labute approximate surface area is 99.8 Å². The molecule has 0 unspecified atom stereocenters. The van der Waals surface area contributed by atoms with Gasteiger partial charge in [-0.15, -0.1) is 0 Å². The van der Waals surface area contributed by atoms with Gasteiger partial charge >= 0.3 is 0 Å². The molecule has 3 nitrogen and oxygen atoms in total. The van der Waals surface area contributed by atoms with E-state index in [1.807, 2.05) is 42.7 Å². The maximum absolute atomic E-state index is 4.65. The number of aromatic nitrogens is 3. The zero-order chi connectivity index (χ0) is 11.7. The van der Waals surface area contributed by atoms with E-state index in [1.54, 1.807) is 0 Å². The van der Waals surface area contributed by atoms with Crippen molar-refractivity contribution in [3.63, 3.8) is 0 Å². The number of hydrogen-bond donors (Lipinski definition) is 0. The predicted molar refractivity (Wildman–Crippen MR) is 67.8 cm³/mol. The van der Waals surface area contributed by atoms with Crippen molar-refractivity contribution in [3.8, 4) is 11.3 Å². The quantitative estimate of drug-likeness (QED) is 0.668. The Hall–Kier alpha value is -2.16. The average Bonchev–Trinajstić information content (AvgIpc) is 2.78. The number of aryl methyl sites for hydroxylation is 1. The zero-order valence-electron chi connectivity index (χ0n) is 9.67. The minimum atomic E-state index is 0.930. The fraction of sp³-hybridized carbons (Fsp3) is 0.143. The summed E-state index contributed by atoms with van der Waals surface area (Å²) >= 11 is 0. The maximum Gasteiger partial charge on any atom is 0.137 e. The molecule has 0 saturated heterocycles. The number of rotatable bonds is 2. The van der Waals surface area contributed by atoms with Gasteiger partial charge in [-0.25, -0.2) is 4.98 Å². The molecule has 0 atom stereocenters. The van der Waals surface area contributed by atoms with E-state index in [0.717, 1.165) is 23.3 Å². The highest BCUT2D eigenvalue weighted by molar-refractivity contribution is 5.66. The van der Waals surface area contributed by atoms with E-state index < -0.39 is 0 Å². The molecule has 0 spiro atoms. The molecule has 84 valence electrons. The first-order valence-electron chi connectivity index (χ1n) is 5.76. The van der Waals surface area contributed by atoms with Crippen LogP contribution in [0.3, 0.4) is 0 Å². The molecule has 0 saturated carbocycles. The molecule has 3 aromatic heterocycles. The molecule has 3 aromatic rings. The highest BCUT2D eigenvalue weighted by atomic mass is 15.0. The van der Waals surface area contributed by atoms with Crippen LogP contribution in [0, 0.1) is 0 Å². The van der Waals surface area contributed by atoms with Crippen LogP contribution in [0.1, 0.15) is 12.6 Å². The molecule has 0 amide bonds. The molecule has 0 fully saturated rings. The van der Waals surface area contributed by atoms with Crippen LogP contribution < -0.4 is 0 Å². The van der Waals surface area contributed by atoms with E-state index in [1.165, 1.54) is 5.69 Å². The largest absolute Gasteiger partial charge is 0.299 e. The molecule has 0 N–H and O–H groups in total. The van der Waals surface area contributed by atoms with Gasteiger partial charge in [-0.1, -0.05) is 13.0 Å². The number of pyridine rings is 2. The maximum atomic E-state index is 4.65. The van der Waals surface area contributed by atoms with Crippen molar-refractivity contribution < 1.29 is 0 Å². The summed E-state index contributed by atoms with van der Waals surface area (Å²) in [6.07, 6.45) is 6.62. The monoisotopic (exact) mass is 223 g/mol. The molecule has 0 aliphatic heterocycles. The molecule has 0 aliphatic carbocycles. The van der Waals surface area contributed by atoms with Crippen LogP contribution in [-0.2, 0) is 6.42 Å². The molecular weight excluding hydrogens is 210 g/mol. The third-order valence-corrected chi connectivity index (χ3v) is 2.89. The topological polar surface area (TPSA) is 30.2 Å². The summed E-state index contributed by atoms with van der Waals surface area (Å²) in [4.78, 5) is 8.71. The molecular formula is C14H13N3. The van der Waals surface area contributed by atoms with E-state index in [0.29, 0.717) is 0 Å². The van der Waals surface area contributed by atoms with Gasteiger partial charge in [0.1, 0.15) is 5.65 Å². The van der Waals surface area contributed by atoms with Gasteiger partial charge in [0.15, 0.2) is 0 Å². The van der Waals surface area contributed by atoms with E-state index in [4.69, 9.17) is 0 Å². The van der Waals surface area contributed by atoms with Gasteiger partial charge in [0.25, 0.3) is 0 Å². The Morgan fingerprint density at radius 1 is 1.12 bits per heavy atom. The fourth-order valence-corrected chi connectivity index (χ4v) is 2.11. The number of fused-ring (bicyclic) bond motifs is 1. The second-order valence-electron chi connectivity index (χ2n) is 3.93. The summed E-state index contributed by atoms with van der Waals surface area (Å²) in [7, 11) is 0. The molecule has 0 radical (unpaired) electrons. The molecule has 0 aliphatic rings. The van der Waals surface area contributed by atoms with Crippen molar-refractivity contribution in [2.24, 2.45) is 0 Å². The summed E-state index contributed by atoms with van der Waals surface area (Å²) in [6.45, 7) is 2.13. The first kappa shape index (κ1) is 10.0. The van der Waals surface area contributed by atoms with Crippen molar-refractivity contribution in [3.05, 3.63) is 54.6 Å². The second-order valence-corrected chi connectivity index (χ2v) is 3.93. The first-order valence-corrected chi connectivity index (χ1v) is 5.76. The van der Waals surface area contributed by atoms with Crippen LogP contribution in [0.15, 0.2) is 48.9 Å². The van der Waals surface area contributed by atoms with Crippen LogP contribution in [0.4, 0.5) is 0 Å². The summed E-state index contributed by atoms with van der Waals surface area (Å²) in [5, 5.41) is 0. The minimum absolute atomic E-state index is 0.930. The van der Waals surface area contributed by atoms with E-state index in [2.05, 4.69) is 27.5 Å². The Morgan fingerprint density at radius 2 is 1.94 bits per heavy atom. The third-order valence-electron chi connectivity index (χ3n) is 2.89. The summed E-state index contributed by atoms with van der Waals surface area (Å²) in [6, 6.07) is 10.1. The molecule has 3 heterocycles. The van der Waals surface area contributed by atoms with Crippen molar-refractivity contribution in [2.75, 3.05) is 0 Å². The van der Waals surface area contributed by atoms with Crippen LogP contribution in [0.5, 0.6) is 0 Å². The zero-order valence-corrected chi connectivity index (χ0v) is 9.67. The van der Waals surface area contributed by atoms with Gasteiger partial charge in [-0.2, -0.15) is 0 Å². The lowest BCUT2D eigenvalue weighted by Gasteiger charge is -2.03. The van der Waals surface area contributed by atoms with Gasteiger partial charge in [-0.05, 0) is 30.7 Å². The van der Waals surface area contributed by atoms with Gasteiger partial charge in [-0.3, -0.25) is 9.38 Å². The Kier molecular flexibility index (Phi) is 2.37. The van der Waals surface area contributed by atoms with Crippen molar-refractivity contribution in [2.45, 2.75) is 13.3 Å². The Bertz CT molecular complexity index is 641. The fourth-order valence-electron chi connectivity index (χ4n) is 2.11. The first-order chi connectivity index (χ1) is 8.40. The normalized spacial score (nSPS) is 10.9. The Morgan fingerprint density at radius 3 is 2.71 bits per heavy atom. The minimum Gasteiger partial charge on any atom is -0.299 e. The number of hydrogen-bond acceptors (Lipinski definition) is 2. The smallest absolute Gasteiger partial charge is 0.137 e. The summed E-state index contributed by atoms with van der Waals surface area (Å²) in [5.74, 6) is 0. The number of imidazole rings is 1. The third kappa shape index (κ3) is 1.60.